The first-order chi connectivity index (χ1) is 11.4. The van der Waals surface area contributed by atoms with Crippen LogP contribution >= 0.6 is 33.2 Å². The fourth-order valence-corrected chi connectivity index (χ4v) is 14.7. The molecule has 0 N–H and O–H groups in total. The molecule has 25 heavy (non-hydrogen) atoms. The van der Waals surface area contributed by atoms with Crippen LogP contribution < -0.4 is 0 Å². The highest BCUT2D eigenvalue weighted by molar-refractivity contribution is 7.65. The molecule has 0 saturated carbocycles. The normalized spacial score (nSPS) is 15.1. The highest BCUT2D eigenvalue weighted by Gasteiger charge is 2.38. The summed E-state index contributed by atoms with van der Waals surface area (Å²) in [6.45, 7) is 13.7. The van der Waals surface area contributed by atoms with Crippen molar-refractivity contribution in [2.24, 2.45) is 0 Å². The summed E-state index contributed by atoms with van der Waals surface area (Å²) in [6.07, 6.45) is 11.9. The zero-order valence-corrected chi connectivity index (χ0v) is 22.4. The second-order valence-corrected chi connectivity index (χ2v) is 25.7. The molecular weight excluding hydrogens is 423 g/mol. The molecule has 1 atom stereocenters. The molecule has 0 aliphatic carbocycles. The average molecular weight is 462 g/mol. The Hall–Kier alpha value is 1.22. The van der Waals surface area contributed by atoms with Crippen LogP contribution in [0.4, 0.5) is 0 Å². The van der Waals surface area contributed by atoms with Gasteiger partial charge in [-0.3, -0.25) is 0 Å². The van der Waals surface area contributed by atoms with Crippen LogP contribution in [0.5, 0.6) is 0 Å². The minimum Gasteiger partial charge on any atom is -0.453 e. The number of allylic oxidation sites excluding steroid dienone is 1. The summed E-state index contributed by atoms with van der Waals surface area (Å²) in [4.78, 5) is 0. The summed E-state index contributed by atoms with van der Waals surface area (Å²) in [5.41, 5.74) is 2.64. The first kappa shape index (κ1) is 26.2. The maximum absolute atomic E-state index is 6.67. The predicted molar refractivity (Wildman–Crippen MR) is 125 cm³/mol. The monoisotopic (exact) mass is 460 g/mol. The van der Waals surface area contributed by atoms with E-state index in [-0.39, 0.29) is 5.54 Å². The minimum absolute atomic E-state index is 0.261. The molecule has 0 aromatic carbocycles. The maximum atomic E-state index is 6.67. The minimum atomic E-state index is -2.62. The van der Waals surface area contributed by atoms with Crippen molar-refractivity contribution in [2.45, 2.75) is 103 Å². The highest BCUT2D eigenvalue weighted by Crippen LogP contribution is 2.41. The van der Waals surface area contributed by atoms with E-state index in [1.54, 1.807) is 0 Å². The Kier molecular flexibility index (Phi) is 13.3. The topological polar surface area (TPSA) is 9.23 Å². The first-order valence-corrected chi connectivity index (χ1v) is 21.1. The second kappa shape index (κ2) is 12.6. The third-order valence-corrected chi connectivity index (χ3v) is 15.6. The van der Waals surface area contributed by atoms with Gasteiger partial charge in [0.25, 0.3) is 0 Å². The molecule has 0 rings (SSSR count). The fourth-order valence-electron chi connectivity index (χ4n) is 3.20. The van der Waals surface area contributed by atoms with Crippen LogP contribution in [0.3, 0.4) is 0 Å². The Labute approximate surface area is 174 Å². The lowest BCUT2D eigenvalue weighted by Gasteiger charge is -2.34. The highest BCUT2D eigenvalue weighted by atomic mass is 35.8. The van der Waals surface area contributed by atoms with Crippen molar-refractivity contribution >= 4 is 55.9 Å². The Morgan fingerprint density at radius 2 is 1.52 bits per heavy atom. The standard InChI is InChI=1S/C18H39Cl3OSi3/c1-7-9-10-11-12-13-16-23(3,4)22-24(5,6)17-15-18(14-8-2)25(19,20)21/h13,16,18H,7-12,14-15,17H2,1-6H3. The third kappa shape index (κ3) is 14.0. The van der Waals surface area contributed by atoms with Crippen LogP contribution in [0, 0.1) is 0 Å². The van der Waals surface area contributed by atoms with Crippen LogP contribution in [0.15, 0.2) is 11.8 Å². The Morgan fingerprint density at radius 3 is 2.04 bits per heavy atom. The summed E-state index contributed by atoms with van der Waals surface area (Å²) in [6, 6.07) is -1.54. The van der Waals surface area contributed by atoms with E-state index >= 15 is 0 Å². The van der Waals surface area contributed by atoms with Gasteiger partial charge in [-0.05, 0) is 63.5 Å². The fraction of sp³-hybridized carbons (Fsp3) is 0.889. The van der Waals surface area contributed by atoms with Crippen molar-refractivity contribution in [3.05, 3.63) is 11.8 Å². The molecule has 0 aromatic heterocycles. The lowest BCUT2D eigenvalue weighted by molar-refractivity contribution is 0.543. The molecule has 0 aromatic rings. The molecule has 0 aliphatic rings. The maximum Gasteiger partial charge on any atom is 0.344 e. The molecule has 1 unspecified atom stereocenters. The smallest absolute Gasteiger partial charge is 0.344 e. The first-order valence-electron chi connectivity index (χ1n) is 9.88. The molecule has 0 heterocycles. The lowest BCUT2D eigenvalue weighted by atomic mass is 10.2. The summed E-state index contributed by atoms with van der Waals surface area (Å²) >= 11 is 18.9. The van der Waals surface area contributed by atoms with Gasteiger partial charge in [0.05, 0.1) is 0 Å². The Balaban J connectivity index is 4.48. The molecule has 0 fully saturated rings. The summed E-state index contributed by atoms with van der Waals surface area (Å²) in [5.74, 6) is 0. The summed E-state index contributed by atoms with van der Waals surface area (Å²) in [5, 5.41) is 0. The van der Waals surface area contributed by atoms with Gasteiger partial charge in [-0.25, -0.2) is 0 Å². The summed E-state index contributed by atoms with van der Waals surface area (Å²) < 4.78 is 6.67. The number of hydrogen-bond donors (Lipinski definition) is 0. The zero-order valence-electron chi connectivity index (χ0n) is 17.1. The molecule has 0 spiro atoms. The lowest BCUT2D eigenvalue weighted by Crippen LogP contribution is -2.43. The van der Waals surface area contributed by atoms with Crippen molar-refractivity contribution < 1.29 is 4.12 Å². The van der Waals surface area contributed by atoms with Crippen molar-refractivity contribution in [2.75, 3.05) is 0 Å². The van der Waals surface area contributed by atoms with Gasteiger partial charge in [-0.2, -0.15) is 0 Å². The zero-order chi connectivity index (χ0) is 19.6. The van der Waals surface area contributed by atoms with Gasteiger partial charge in [0.15, 0.2) is 16.6 Å². The molecule has 0 aliphatic heterocycles. The number of unbranched alkanes of at least 4 members (excludes halogenated alkanes) is 4. The van der Waals surface area contributed by atoms with Crippen LogP contribution in [0.1, 0.15) is 65.2 Å². The quantitative estimate of drug-likeness (QED) is 0.143. The molecule has 7 heteroatoms. The number of halogens is 3. The van der Waals surface area contributed by atoms with Crippen molar-refractivity contribution in [1.82, 2.24) is 0 Å². The van der Waals surface area contributed by atoms with Gasteiger partial charge in [0.2, 0.25) is 0 Å². The molecular formula is C18H39Cl3OSi3. The molecule has 0 bridgehead atoms. The van der Waals surface area contributed by atoms with Gasteiger partial charge in [0.1, 0.15) is 0 Å². The van der Waals surface area contributed by atoms with E-state index in [0.717, 1.165) is 25.3 Å². The van der Waals surface area contributed by atoms with Crippen LogP contribution in [0.2, 0.25) is 37.8 Å². The third-order valence-electron chi connectivity index (χ3n) is 4.48. The van der Waals surface area contributed by atoms with E-state index in [1.807, 2.05) is 0 Å². The van der Waals surface area contributed by atoms with Crippen LogP contribution in [0.25, 0.3) is 0 Å². The average Bonchev–Trinajstić information content (AvgIpc) is 2.44. The molecule has 1 nitrogen and oxygen atoms in total. The predicted octanol–water partition coefficient (Wildman–Crippen LogP) is 8.69. The van der Waals surface area contributed by atoms with Crippen molar-refractivity contribution in [3.8, 4) is 0 Å². The summed E-state index contributed by atoms with van der Waals surface area (Å²) in [7, 11) is -3.48. The van der Waals surface area contributed by atoms with E-state index in [9.17, 15) is 0 Å². The van der Waals surface area contributed by atoms with Crippen molar-refractivity contribution in [3.63, 3.8) is 0 Å². The van der Waals surface area contributed by atoms with Gasteiger partial charge in [-0.15, -0.1) is 33.2 Å². The van der Waals surface area contributed by atoms with E-state index in [0.29, 0.717) is 0 Å². The van der Waals surface area contributed by atoms with Crippen LogP contribution in [-0.4, -0.2) is 22.6 Å². The number of hydrogen-bond acceptors (Lipinski definition) is 1. The molecule has 0 radical (unpaired) electrons. The SMILES string of the molecule is CCCCCCC=C[Si](C)(C)O[Si](C)(C)CCC(CCC)[Si](Cl)(Cl)Cl. The van der Waals surface area contributed by atoms with E-state index in [4.69, 9.17) is 37.4 Å². The van der Waals surface area contributed by atoms with Crippen molar-refractivity contribution in [1.29, 1.82) is 0 Å². The number of rotatable bonds is 14. The second-order valence-electron chi connectivity index (χ2n) is 8.28. The van der Waals surface area contributed by atoms with Gasteiger partial charge in [0, 0.05) is 0 Å². The molecule has 0 saturated heterocycles. The van der Waals surface area contributed by atoms with E-state index in [2.05, 4.69) is 51.8 Å². The van der Waals surface area contributed by atoms with Crippen LogP contribution in [-0.2, 0) is 4.12 Å². The Morgan fingerprint density at radius 1 is 0.880 bits per heavy atom. The van der Waals surface area contributed by atoms with Gasteiger partial charge in [-0.1, -0.05) is 51.3 Å². The molecule has 0 amide bonds. The van der Waals surface area contributed by atoms with Gasteiger partial charge < -0.3 is 4.12 Å². The van der Waals surface area contributed by atoms with E-state index < -0.39 is 22.6 Å². The van der Waals surface area contributed by atoms with Gasteiger partial charge >= 0.3 is 6.00 Å². The Bertz CT molecular complexity index is 382. The van der Waals surface area contributed by atoms with E-state index in [1.165, 1.54) is 32.1 Å². The molecule has 150 valence electrons. The largest absolute Gasteiger partial charge is 0.453 e.